The van der Waals surface area contributed by atoms with Crippen molar-refractivity contribution in [2.24, 2.45) is 5.92 Å². The van der Waals surface area contributed by atoms with Gasteiger partial charge in [0.05, 0.1) is 17.0 Å². The SMILES string of the molecule is CC(C)Oc1ccc(Cl)c(S(=O)(=O)NC(=O)c2nc(Cl)n(C3CC3C(F)(F)F)c2Cl)c1. The maximum absolute atomic E-state index is 12.9. The third-order valence-corrected chi connectivity index (χ3v) is 6.77. The van der Waals surface area contributed by atoms with Crippen LogP contribution >= 0.6 is 34.8 Å². The van der Waals surface area contributed by atoms with Gasteiger partial charge in [0.15, 0.2) is 5.69 Å². The summed E-state index contributed by atoms with van der Waals surface area (Å²) in [6.07, 6.45) is -5.00. The van der Waals surface area contributed by atoms with Gasteiger partial charge in [0.2, 0.25) is 5.28 Å². The molecule has 1 saturated carbocycles. The first kappa shape index (κ1) is 24.0. The van der Waals surface area contributed by atoms with Crippen molar-refractivity contribution in [3.05, 3.63) is 39.4 Å². The van der Waals surface area contributed by atoms with E-state index in [2.05, 4.69) is 4.98 Å². The van der Waals surface area contributed by atoms with Crippen LogP contribution in [0.2, 0.25) is 15.5 Å². The number of aromatic nitrogens is 2. The average molecular weight is 521 g/mol. The van der Waals surface area contributed by atoms with E-state index in [0.717, 1.165) is 10.6 Å². The van der Waals surface area contributed by atoms with Crippen LogP contribution in [0.5, 0.6) is 5.75 Å². The average Bonchev–Trinajstić information content (AvgIpc) is 3.35. The summed E-state index contributed by atoms with van der Waals surface area (Å²) in [5.74, 6) is -2.76. The van der Waals surface area contributed by atoms with Crippen LogP contribution in [0.3, 0.4) is 0 Å². The summed E-state index contributed by atoms with van der Waals surface area (Å²) < 4.78 is 72.0. The first-order valence-electron chi connectivity index (χ1n) is 8.75. The molecule has 1 N–H and O–H groups in total. The van der Waals surface area contributed by atoms with Gasteiger partial charge in [0, 0.05) is 12.1 Å². The first-order chi connectivity index (χ1) is 14.2. The van der Waals surface area contributed by atoms with E-state index >= 15 is 0 Å². The standard InChI is InChI=1S/C17H15Cl3F3N3O4S/c1-7(2)30-8-3-4-10(18)12(5-8)31(28,29)25-15(27)13-14(19)26(16(20)24-13)11-6-9(11)17(21,22)23/h3-5,7,9,11H,6H2,1-2H3,(H,25,27). The molecule has 2 unspecified atom stereocenters. The van der Waals surface area contributed by atoms with Crippen molar-refractivity contribution >= 4 is 50.7 Å². The van der Waals surface area contributed by atoms with Crippen molar-refractivity contribution in [3.8, 4) is 5.75 Å². The number of alkyl halides is 3. The predicted octanol–water partition coefficient (Wildman–Crippen LogP) is 4.87. The molecule has 3 rings (SSSR count). The van der Waals surface area contributed by atoms with Crippen molar-refractivity contribution in [1.82, 2.24) is 14.3 Å². The van der Waals surface area contributed by atoms with Gasteiger partial charge in [-0.25, -0.2) is 18.1 Å². The fraction of sp³-hybridized carbons (Fsp3) is 0.412. The number of imidazole rings is 1. The van der Waals surface area contributed by atoms with Gasteiger partial charge in [-0.2, -0.15) is 13.2 Å². The molecule has 0 radical (unpaired) electrons. The maximum Gasteiger partial charge on any atom is 0.393 e. The first-order valence-corrected chi connectivity index (χ1v) is 11.4. The van der Waals surface area contributed by atoms with Crippen molar-refractivity contribution < 1.29 is 31.1 Å². The van der Waals surface area contributed by atoms with Crippen molar-refractivity contribution in [1.29, 1.82) is 0 Å². The Labute approximate surface area is 190 Å². The molecule has 1 aromatic carbocycles. The minimum atomic E-state index is -4.50. The largest absolute Gasteiger partial charge is 0.491 e. The molecule has 7 nitrogen and oxygen atoms in total. The van der Waals surface area contributed by atoms with Gasteiger partial charge in [-0.15, -0.1) is 0 Å². The zero-order valence-electron chi connectivity index (χ0n) is 15.9. The molecule has 0 spiro atoms. The second-order valence-electron chi connectivity index (χ2n) is 7.03. The topological polar surface area (TPSA) is 90.3 Å². The number of benzene rings is 1. The van der Waals surface area contributed by atoms with Gasteiger partial charge < -0.3 is 9.30 Å². The third-order valence-electron chi connectivity index (χ3n) is 4.32. The Bertz CT molecular complexity index is 1140. The Hall–Kier alpha value is -1.69. The second kappa shape index (κ2) is 8.34. The fourth-order valence-corrected chi connectivity index (χ4v) is 5.03. The lowest BCUT2D eigenvalue weighted by Gasteiger charge is -2.13. The molecule has 1 fully saturated rings. The second-order valence-corrected chi connectivity index (χ2v) is 9.79. The number of hydrogen-bond acceptors (Lipinski definition) is 5. The Morgan fingerprint density at radius 1 is 1.29 bits per heavy atom. The molecule has 0 saturated heterocycles. The lowest BCUT2D eigenvalue weighted by molar-refractivity contribution is -0.150. The summed E-state index contributed by atoms with van der Waals surface area (Å²) in [6, 6.07) is 2.74. The molecule has 0 aliphatic heterocycles. The van der Waals surface area contributed by atoms with Crippen LogP contribution < -0.4 is 9.46 Å². The smallest absolute Gasteiger partial charge is 0.393 e. The molecule has 1 aliphatic carbocycles. The van der Waals surface area contributed by atoms with Crippen LogP contribution in [-0.2, 0) is 10.0 Å². The molecule has 0 bridgehead atoms. The number of hydrogen-bond donors (Lipinski definition) is 1. The molecule has 1 heterocycles. The number of sulfonamides is 1. The van der Waals surface area contributed by atoms with Gasteiger partial charge in [0.25, 0.3) is 15.9 Å². The third kappa shape index (κ3) is 5.05. The Morgan fingerprint density at radius 3 is 2.48 bits per heavy atom. The number of ether oxygens (including phenoxy) is 1. The van der Waals surface area contributed by atoms with Crippen LogP contribution in [0.25, 0.3) is 0 Å². The number of carbonyl (C=O) groups excluding carboxylic acids is 1. The zero-order valence-corrected chi connectivity index (χ0v) is 19.0. The molecule has 2 aromatic rings. The number of rotatable bonds is 6. The highest BCUT2D eigenvalue weighted by Gasteiger charge is 2.58. The normalized spacial score (nSPS) is 18.9. The van der Waals surface area contributed by atoms with E-state index in [-0.39, 0.29) is 23.3 Å². The van der Waals surface area contributed by atoms with E-state index in [4.69, 9.17) is 39.5 Å². The lowest BCUT2D eigenvalue weighted by Crippen LogP contribution is -2.31. The van der Waals surface area contributed by atoms with Gasteiger partial charge in [-0.05, 0) is 44.0 Å². The molecule has 2 atom stereocenters. The number of amides is 1. The monoisotopic (exact) mass is 519 g/mol. The highest BCUT2D eigenvalue weighted by molar-refractivity contribution is 7.90. The van der Waals surface area contributed by atoms with E-state index in [9.17, 15) is 26.4 Å². The molecular weight excluding hydrogens is 506 g/mol. The number of halogens is 6. The molecular formula is C17H15Cl3F3N3O4S. The van der Waals surface area contributed by atoms with E-state index in [1.165, 1.54) is 12.1 Å². The molecule has 14 heteroatoms. The number of nitrogens with one attached hydrogen (secondary N) is 1. The Morgan fingerprint density at radius 2 is 1.94 bits per heavy atom. The summed E-state index contributed by atoms with van der Waals surface area (Å²) in [4.78, 5) is 15.7. The van der Waals surface area contributed by atoms with Gasteiger partial charge in [-0.1, -0.05) is 23.2 Å². The molecule has 31 heavy (non-hydrogen) atoms. The Balaban J connectivity index is 1.86. The molecule has 1 aliphatic rings. The summed E-state index contributed by atoms with van der Waals surface area (Å²) in [5, 5.41) is -1.15. The molecule has 1 amide bonds. The quantitative estimate of drug-likeness (QED) is 0.587. The summed E-state index contributed by atoms with van der Waals surface area (Å²) >= 11 is 17.8. The predicted molar refractivity (Wildman–Crippen MR) is 107 cm³/mol. The van der Waals surface area contributed by atoms with Gasteiger partial charge in [-0.3, -0.25) is 4.79 Å². The highest BCUT2D eigenvalue weighted by Crippen LogP contribution is 2.55. The van der Waals surface area contributed by atoms with E-state index in [0.29, 0.717) is 0 Å². The number of carbonyl (C=O) groups is 1. The highest BCUT2D eigenvalue weighted by atomic mass is 35.5. The van der Waals surface area contributed by atoms with Crippen LogP contribution in [0.1, 0.15) is 36.8 Å². The molecule has 1 aromatic heterocycles. The van der Waals surface area contributed by atoms with Crippen LogP contribution in [0.4, 0.5) is 13.2 Å². The van der Waals surface area contributed by atoms with E-state index in [1.807, 2.05) is 0 Å². The lowest BCUT2D eigenvalue weighted by atomic mass is 10.3. The van der Waals surface area contributed by atoms with Crippen molar-refractivity contribution in [2.45, 2.75) is 43.5 Å². The summed E-state index contributed by atoms with van der Waals surface area (Å²) in [7, 11) is -4.50. The van der Waals surface area contributed by atoms with Crippen molar-refractivity contribution in [3.63, 3.8) is 0 Å². The van der Waals surface area contributed by atoms with Crippen LogP contribution in [-0.4, -0.2) is 36.2 Å². The maximum atomic E-state index is 12.9. The van der Waals surface area contributed by atoms with Crippen LogP contribution in [0, 0.1) is 5.92 Å². The molecule has 170 valence electrons. The minimum absolute atomic E-state index is 0.183. The fourth-order valence-electron chi connectivity index (χ4n) is 2.89. The van der Waals surface area contributed by atoms with Crippen LogP contribution in [0.15, 0.2) is 23.1 Å². The van der Waals surface area contributed by atoms with E-state index in [1.54, 1.807) is 18.6 Å². The van der Waals surface area contributed by atoms with Gasteiger partial charge >= 0.3 is 6.18 Å². The minimum Gasteiger partial charge on any atom is -0.491 e. The zero-order chi connectivity index (χ0) is 23.3. The van der Waals surface area contributed by atoms with Crippen molar-refractivity contribution in [2.75, 3.05) is 0 Å². The number of nitrogens with zero attached hydrogens (tertiary/aromatic N) is 2. The van der Waals surface area contributed by atoms with E-state index < -0.39 is 55.1 Å². The Kier molecular flexibility index (Phi) is 6.45. The summed E-state index contributed by atoms with van der Waals surface area (Å²) in [6.45, 7) is 3.46. The van der Waals surface area contributed by atoms with Gasteiger partial charge in [0.1, 0.15) is 15.8 Å². The summed E-state index contributed by atoms with van der Waals surface area (Å²) in [5.41, 5.74) is -0.631.